The van der Waals surface area contributed by atoms with Crippen molar-refractivity contribution in [1.82, 2.24) is 9.88 Å². The van der Waals surface area contributed by atoms with E-state index in [4.69, 9.17) is 0 Å². The highest BCUT2D eigenvalue weighted by molar-refractivity contribution is 5.76. The van der Waals surface area contributed by atoms with Crippen molar-refractivity contribution in [3.63, 3.8) is 0 Å². The molecule has 2 rings (SSSR count). The summed E-state index contributed by atoms with van der Waals surface area (Å²) < 4.78 is 37.4. The average molecular weight is 316 g/mol. The number of halogens is 3. The molecular formula is C15H19F3N2O2. The lowest BCUT2D eigenvalue weighted by Gasteiger charge is -2.34. The summed E-state index contributed by atoms with van der Waals surface area (Å²) in [5.74, 6) is -0.874. The van der Waals surface area contributed by atoms with Gasteiger partial charge in [0.2, 0.25) is 5.91 Å². The van der Waals surface area contributed by atoms with Crippen LogP contribution in [0, 0.1) is 5.92 Å². The molecule has 0 radical (unpaired) electrons. The molecule has 0 spiro atoms. The molecule has 1 saturated heterocycles. The number of alkyl halides is 3. The van der Waals surface area contributed by atoms with Crippen molar-refractivity contribution >= 4 is 5.91 Å². The van der Waals surface area contributed by atoms with E-state index >= 15 is 0 Å². The maximum absolute atomic E-state index is 12.5. The Morgan fingerprint density at radius 2 is 1.91 bits per heavy atom. The summed E-state index contributed by atoms with van der Waals surface area (Å²) in [6.45, 7) is 0.542. The summed E-state index contributed by atoms with van der Waals surface area (Å²) in [5.41, 5.74) is 1.01. The van der Waals surface area contributed by atoms with Crippen molar-refractivity contribution < 1.29 is 23.1 Å². The monoisotopic (exact) mass is 316 g/mol. The van der Waals surface area contributed by atoms with E-state index in [1.54, 1.807) is 17.3 Å². The van der Waals surface area contributed by atoms with Crippen LogP contribution in [0.2, 0.25) is 0 Å². The van der Waals surface area contributed by atoms with Gasteiger partial charge in [-0.3, -0.25) is 9.78 Å². The molecule has 1 aliphatic rings. The van der Waals surface area contributed by atoms with Gasteiger partial charge in [0.25, 0.3) is 0 Å². The zero-order valence-electron chi connectivity index (χ0n) is 12.1. The van der Waals surface area contributed by atoms with Gasteiger partial charge in [-0.1, -0.05) is 0 Å². The molecular weight excluding hydrogens is 297 g/mol. The first-order chi connectivity index (χ1) is 10.4. The van der Waals surface area contributed by atoms with Gasteiger partial charge in [0.1, 0.15) is 0 Å². The number of amides is 1. The quantitative estimate of drug-likeness (QED) is 0.926. The third-order valence-electron chi connectivity index (χ3n) is 4.05. The molecule has 7 heteroatoms. The molecule has 0 aliphatic carbocycles. The number of carbonyl (C=O) groups is 1. The molecule has 1 atom stereocenters. The van der Waals surface area contributed by atoms with Gasteiger partial charge in [0, 0.05) is 31.9 Å². The molecule has 122 valence electrons. The van der Waals surface area contributed by atoms with Gasteiger partial charge < -0.3 is 10.0 Å². The van der Waals surface area contributed by atoms with E-state index in [1.165, 1.54) is 0 Å². The zero-order valence-corrected chi connectivity index (χ0v) is 12.1. The van der Waals surface area contributed by atoms with Crippen LogP contribution in [-0.4, -0.2) is 46.3 Å². The minimum Gasteiger partial charge on any atom is -0.383 e. The van der Waals surface area contributed by atoms with E-state index in [1.807, 2.05) is 12.1 Å². The molecule has 4 nitrogen and oxygen atoms in total. The number of hydrogen-bond donors (Lipinski definition) is 1. The maximum atomic E-state index is 12.5. The lowest BCUT2D eigenvalue weighted by Crippen LogP contribution is -2.45. The standard InChI is InChI=1S/C15H19F3N2O2/c16-15(17,18)14(22)12-5-9-20(10-6-12)13(21)2-1-11-3-7-19-8-4-11/h3-4,7-8,12,14,22H,1-2,5-6,9-10H2. The number of pyridine rings is 1. The molecule has 0 bridgehead atoms. The Hall–Kier alpha value is -1.63. The average Bonchev–Trinajstić information content (AvgIpc) is 2.52. The van der Waals surface area contributed by atoms with E-state index in [9.17, 15) is 23.1 Å². The van der Waals surface area contributed by atoms with Gasteiger partial charge in [-0.25, -0.2) is 0 Å². The summed E-state index contributed by atoms with van der Waals surface area (Å²) in [6, 6.07) is 3.67. The summed E-state index contributed by atoms with van der Waals surface area (Å²) in [4.78, 5) is 17.6. The third kappa shape index (κ3) is 4.43. The number of aryl methyl sites for hydroxylation is 1. The van der Waals surface area contributed by atoms with Crippen LogP contribution in [0.4, 0.5) is 13.2 Å². The smallest absolute Gasteiger partial charge is 0.383 e. The largest absolute Gasteiger partial charge is 0.414 e. The fraction of sp³-hybridized carbons (Fsp3) is 0.600. The molecule has 1 unspecified atom stereocenters. The molecule has 22 heavy (non-hydrogen) atoms. The van der Waals surface area contributed by atoms with Gasteiger partial charge >= 0.3 is 6.18 Å². The molecule has 1 amide bonds. The minimum atomic E-state index is -4.59. The van der Waals surface area contributed by atoms with Crippen LogP contribution in [0.3, 0.4) is 0 Å². The Balaban J connectivity index is 1.78. The lowest BCUT2D eigenvalue weighted by atomic mass is 9.90. The van der Waals surface area contributed by atoms with Crippen molar-refractivity contribution in [3.8, 4) is 0 Å². The molecule has 1 N–H and O–H groups in total. The normalized spacial score (nSPS) is 18.3. The molecule has 1 fully saturated rings. The van der Waals surface area contributed by atoms with E-state index in [0.717, 1.165) is 5.56 Å². The van der Waals surface area contributed by atoms with E-state index in [-0.39, 0.29) is 31.8 Å². The number of aliphatic hydroxyl groups is 1. The van der Waals surface area contributed by atoms with E-state index in [2.05, 4.69) is 4.98 Å². The number of aliphatic hydroxyl groups excluding tert-OH is 1. The first-order valence-electron chi connectivity index (χ1n) is 7.29. The molecule has 1 aliphatic heterocycles. The maximum Gasteiger partial charge on any atom is 0.414 e. The Morgan fingerprint density at radius 3 is 2.45 bits per heavy atom. The van der Waals surface area contributed by atoms with Crippen LogP contribution in [0.1, 0.15) is 24.8 Å². The predicted molar refractivity (Wildman–Crippen MR) is 73.9 cm³/mol. The van der Waals surface area contributed by atoms with Crippen molar-refractivity contribution in [2.45, 2.75) is 38.0 Å². The molecule has 1 aromatic rings. The first kappa shape index (κ1) is 16.7. The number of nitrogens with zero attached hydrogens (tertiary/aromatic N) is 2. The van der Waals surface area contributed by atoms with Crippen LogP contribution in [0.15, 0.2) is 24.5 Å². The minimum absolute atomic E-state index is 0.0586. The van der Waals surface area contributed by atoms with Crippen LogP contribution in [0.5, 0.6) is 0 Å². The van der Waals surface area contributed by atoms with Gasteiger partial charge in [0.05, 0.1) is 0 Å². The number of likely N-dealkylation sites (tertiary alicyclic amines) is 1. The lowest BCUT2D eigenvalue weighted by molar-refractivity contribution is -0.222. The van der Waals surface area contributed by atoms with Crippen molar-refractivity contribution in [2.24, 2.45) is 5.92 Å². The molecule has 1 aromatic heterocycles. The first-order valence-corrected chi connectivity index (χ1v) is 7.29. The number of carbonyl (C=O) groups excluding carboxylic acids is 1. The Bertz CT molecular complexity index is 485. The number of aromatic nitrogens is 1. The second-order valence-electron chi connectivity index (χ2n) is 5.56. The molecule has 2 heterocycles. The Kier molecular flexibility index (Phi) is 5.39. The van der Waals surface area contributed by atoms with Crippen molar-refractivity contribution in [3.05, 3.63) is 30.1 Å². The highest BCUT2D eigenvalue weighted by Crippen LogP contribution is 2.31. The number of hydrogen-bond acceptors (Lipinski definition) is 3. The third-order valence-corrected chi connectivity index (χ3v) is 4.05. The fourth-order valence-electron chi connectivity index (χ4n) is 2.69. The Morgan fingerprint density at radius 1 is 1.32 bits per heavy atom. The highest BCUT2D eigenvalue weighted by atomic mass is 19.4. The van der Waals surface area contributed by atoms with Crippen molar-refractivity contribution in [2.75, 3.05) is 13.1 Å². The summed E-state index contributed by atoms with van der Waals surface area (Å²) in [7, 11) is 0. The SMILES string of the molecule is O=C(CCc1ccncc1)N1CCC(C(O)C(F)(F)F)CC1. The highest BCUT2D eigenvalue weighted by Gasteiger charge is 2.44. The second kappa shape index (κ2) is 7.09. The van der Waals surface area contributed by atoms with Crippen molar-refractivity contribution in [1.29, 1.82) is 0 Å². The van der Waals surface area contributed by atoms with Crippen LogP contribution >= 0.6 is 0 Å². The zero-order chi connectivity index (χ0) is 16.2. The van der Waals surface area contributed by atoms with Gasteiger partial charge in [0.15, 0.2) is 6.10 Å². The van der Waals surface area contributed by atoms with Gasteiger partial charge in [-0.2, -0.15) is 13.2 Å². The Labute approximate surface area is 127 Å². The second-order valence-corrected chi connectivity index (χ2v) is 5.56. The van der Waals surface area contributed by atoms with Gasteiger partial charge in [-0.15, -0.1) is 0 Å². The number of piperidine rings is 1. The summed E-state index contributed by atoms with van der Waals surface area (Å²) in [5, 5.41) is 9.25. The predicted octanol–water partition coefficient (Wildman–Crippen LogP) is 2.18. The van der Waals surface area contributed by atoms with E-state index in [0.29, 0.717) is 12.8 Å². The summed E-state index contributed by atoms with van der Waals surface area (Å²) in [6.07, 6.45) is -2.28. The fourth-order valence-corrected chi connectivity index (χ4v) is 2.69. The molecule has 0 saturated carbocycles. The van der Waals surface area contributed by atoms with Gasteiger partial charge in [-0.05, 0) is 42.9 Å². The van der Waals surface area contributed by atoms with E-state index < -0.39 is 18.2 Å². The van der Waals surface area contributed by atoms with Crippen LogP contribution in [0.25, 0.3) is 0 Å². The van der Waals surface area contributed by atoms with Crippen LogP contribution in [-0.2, 0) is 11.2 Å². The topological polar surface area (TPSA) is 53.4 Å². The number of rotatable bonds is 4. The van der Waals surface area contributed by atoms with Crippen LogP contribution < -0.4 is 0 Å². The summed E-state index contributed by atoms with van der Waals surface area (Å²) >= 11 is 0. The molecule has 0 aromatic carbocycles.